The van der Waals surface area contributed by atoms with E-state index in [1.807, 2.05) is 18.7 Å². The number of thiophene rings is 1. The lowest BCUT2D eigenvalue weighted by Gasteiger charge is -2.34. The third-order valence-electron chi connectivity index (χ3n) is 8.97. The molecule has 2 N–H and O–H groups in total. The van der Waals surface area contributed by atoms with Gasteiger partial charge in [-0.15, -0.1) is 11.3 Å². The topological polar surface area (TPSA) is 101 Å². The van der Waals surface area contributed by atoms with Crippen molar-refractivity contribution in [2.24, 2.45) is 0 Å². The van der Waals surface area contributed by atoms with Crippen LogP contribution < -0.4 is 15.4 Å². The van der Waals surface area contributed by atoms with Crippen molar-refractivity contribution in [3.8, 4) is 23.2 Å². The quantitative estimate of drug-likeness (QED) is 0.210. The van der Waals surface area contributed by atoms with Crippen molar-refractivity contribution in [2.45, 2.75) is 57.1 Å². The van der Waals surface area contributed by atoms with Gasteiger partial charge in [0.1, 0.15) is 47.5 Å². The number of aromatic nitrogens is 2. The molecule has 0 amide bonds. The summed E-state index contributed by atoms with van der Waals surface area (Å²) in [7, 11) is 0. The summed E-state index contributed by atoms with van der Waals surface area (Å²) >= 11 is 0.622. The number of halogens is 8. The zero-order chi connectivity index (χ0) is 35.5. The highest BCUT2D eigenvalue weighted by Gasteiger charge is 2.49. The van der Waals surface area contributed by atoms with Gasteiger partial charge in [-0.2, -0.15) is 37.2 Å². The smallest absolute Gasteiger partial charge is 0.417 e. The molecule has 262 valence electrons. The number of ether oxygens (including phenoxy) is 2. The van der Waals surface area contributed by atoms with Gasteiger partial charge in [0.25, 0.3) is 0 Å². The highest BCUT2D eigenvalue weighted by molar-refractivity contribution is 7.23. The first-order valence-electron chi connectivity index (χ1n) is 15.5. The summed E-state index contributed by atoms with van der Waals surface area (Å²) in [5.74, 6) is -2.87. The van der Waals surface area contributed by atoms with E-state index in [1.54, 1.807) is 6.07 Å². The number of morpholine rings is 1. The van der Waals surface area contributed by atoms with E-state index in [1.165, 1.54) is 0 Å². The van der Waals surface area contributed by atoms with Crippen LogP contribution in [0.25, 0.3) is 32.1 Å². The molecular formula is C32H30F8N6O2S. The fraction of sp³-hybridized carbons (Fsp3) is 0.469. The van der Waals surface area contributed by atoms with Crippen LogP contribution in [0.1, 0.15) is 44.2 Å². The number of hydrogen-bond acceptors (Lipinski definition) is 9. The molecule has 5 heterocycles. The fourth-order valence-electron chi connectivity index (χ4n) is 6.97. The summed E-state index contributed by atoms with van der Waals surface area (Å²) in [4.78, 5) is 11.2. The van der Waals surface area contributed by atoms with Gasteiger partial charge in [0, 0.05) is 35.8 Å². The zero-order valence-corrected chi connectivity index (χ0v) is 27.1. The molecule has 7 rings (SSSR count). The molecule has 3 saturated heterocycles. The Morgan fingerprint density at radius 2 is 1.94 bits per heavy atom. The first-order chi connectivity index (χ1) is 23.2. The van der Waals surface area contributed by atoms with Crippen LogP contribution in [-0.4, -0.2) is 72.1 Å². The lowest BCUT2D eigenvalue weighted by molar-refractivity contribution is -0.240. The molecule has 0 aliphatic carbocycles. The molecule has 4 aromatic rings. The molecule has 3 aliphatic rings. The van der Waals surface area contributed by atoms with Crippen LogP contribution in [0.2, 0.25) is 0 Å². The SMILES string of the molecule is CC.N#Cc1c(N)sc2c(F)ccc(-c3c(C(F)(F)F)cc4c(N5CCOC(F)(F)C5)nc(OCC56CCCN5CC(F)C6)nc4c3F)c12. The number of rotatable bonds is 5. The summed E-state index contributed by atoms with van der Waals surface area (Å²) in [6.07, 6.45) is -8.52. The Bertz CT molecular complexity index is 1960. The van der Waals surface area contributed by atoms with Crippen molar-refractivity contribution in [1.29, 1.82) is 5.26 Å². The van der Waals surface area contributed by atoms with Crippen molar-refractivity contribution in [3.05, 3.63) is 41.0 Å². The molecule has 2 atom stereocenters. The molecule has 0 bridgehead atoms. The van der Waals surface area contributed by atoms with Gasteiger partial charge in [0.05, 0.1) is 28.0 Å². The number of alkyl halides is 6. The Hall–Kier alpha value is -4.01. The fourth-order valence-corrected chi connectivity index (χ4v) is 7.92. The van der Waals surface area contributed by atoms with E-state index in [0.29, 0.717) is 30.4 Å². The van der Waals surface area contributed by atoms with Crippen molar-refractivity contribution in [1.82, 2.24) is 14.9 Å². The summed E-state index contributed by atoms with van der Waals surface area (Å²) in [6.45, 7) is 2.83. The molecule has 2 aromatic heterocycles. The number of nitrogens with zero attached hydrogens (tertiary/aromatic N) is 5. The molecule has 8 nitrogen and oxygen atoms in total. The van der Waals surface area contributed by atoms with Crippen molar-refractivity contribution in [2.75, 3.05) is 50.0 Å². The van der Waals surface area contributed by atoms with Crippen LogP contribution in [0.3, 0.4) is 0 Å². The van der Waals surface area contributed by atoms with E-state index in [9.17, 15) is 36.0 Å². The average Bonchev–Trinajstić information content (AvgIpc) is 3.69. The third-order valence-corrected chi connectivity index (χ3v) is 10.0. The minimum Gasteiger partial charge on any atom is -0.461 e. The van der Waals surface area contributed by atoms with Gasteiger partial charge < -0.3 is 20.1 Å². The average molecular weight is 715 g/mol. The van der Waals surface area contributed by atoms with Crippen LogP contribution in [0.15, 0.2) is 18.2 Å². The normalized spacial score (nSPS) is 22.2. The molecule has 0 radical (unpaired) electrons. The Labute approximate surface area is 279 Å². The summed E-state index contributed by atoms with van der Waals surface area (Å²) in [5.41, 5.74) is 1.07. The largest absolute Gasteiger partial charge is 0.461 e. The number of anilines is 2. The van der Waals surface area contributed by atoms with E-state index in [4.69, 9.17) is 10.5 Å². The van der Waals surface area contributed by atoms with Gasteiger partial charge in [0.15, 0.2) is 5.82 Å². The minimum absolute atomic E-state index is 0.134. The van der Waals surface area contributed by atoms with Crippen LogP contribution >= 0.6 is 11.3 Å². The number of nitrogens with two attached hydrogens (primary N) is 1. The van der Waals surface area contributed by atoms with Gasteiger partial charge in [-0.3, -0.25) is 4.90 Å². The maximum Gasteiger partial charge on any atom is 0.417 e. The Morgan fingerprint density at radius 1 is 1.18 bits per heavy atom. The second-order valence-corrected chi connectivity index (χ2v) is 12.9. The molecule has 2 aromatic carbocycles. The van der Waals surface area contributed by atoms with Gasteiger partial charge in [-0.1, -0.05) is 19.9 Å². The maximum atomic E-state index is 16.8. The summed E-state index contributed by atoms with van der Waals surface area (Å²) in [5, 5.41) is 8.68. The van der Waals surface area contributed by atoms with E-state index in [-0.39, 0.29) is 46.8 Å². The lowest BCUT2D eigenvalue weighted by Crippen LogP contribution is -2.47. The Morgan fingerprint density at radius 3 is 2.63 bits per heavy atom. The Balaban J connectivity index is 0.00000205. The summed E-state index contributed by atoms with van der Waals surface area (Å²) in [6, 6.07) is 3.52. The van der Waals surface area contributed by atoms with Gasteiger partial charge in [-0.05, 0) is 37.1 Å². The lowest BCUT2D eigenvalue weighted by atomic mass is 9.92. The number of fused-ring (bicyclic) bond motifs is 3. The molecule has 49 heavy (non-hydrogen) atoms. The van der Waals surface area contributed by atoms with Crippen molar-refractivity contribution in [3.63, 3.8) is 0 Å². The second-order valence-electron chi connectivity index (χ2n) is 11.9. The zero-order valence-electron chi connectivity index (χ0n) is 26.2. The van der Waals surface area contributed by atoms with Crippen LogP contribution in [0.4, 0.5) is 45.9 Å². The molecule has 0 saturated carbocycles. The molecule has 2 unspecified atom stereocenters. The minimum atomic E-state index is -5.22. The predicted octanol–water partition coefficient (Wildman–Crippen LogP) is 7.67. The maximum absolute atomic E-state index is 16.8. The van der Waals surface area contributed by atoms with Crippen LogP contribution in [-0.2, 0) is 10.9 Å². The highest BCUT2D eigenvalue weighted by Crippen LogP contribution is 2.48. The number of nitrogen functional groups attached to an aromatic ring is 1. The monoisotopic (exact) mass is 714 g/mol. The van der Waals surface area contributed by atoms with Gasteiger partial charge in [0.2, 0.25) is 0 Å². The van der Waals surface area contributed by atoms with Crippen LogP contribution in [0.5, 0.6) is 6.01 Å². The number of benzene rings is 2. The van der Waals surface area contributed by atoms with E-state index in [0.717, 1.165) is 23.5 Å². The molecule has 17 heteroatoms. The third kappa shape index (κ3) is 6.08. The number of hydrogen-bond donors (Lipinski definition) is 1. The van der Waals surface area contributed by atoms with E-state index >= 15 is 4.39 Å². The van der Waals surface area contributed by atoms with Gasteiger partial charge >= 0.3 is 18.3 Å². The van der Waals surface area contributed by atoms with Crippen molar-refractivity contribution >= 4 is 43.1 Å². The standard InChI is InChI=1S/C30H24F8N6O2S.C2H6/c31-14-9-28(4-1-5-44(28)11-14)13-45-27-41-23-16(26(42-27)43-6-7-46-29(34,35)12-43)8-18(30(36,37)38)21(22(23)33)15-2-3-19(32)24-20(15)17(10-39)25(40)47-24;1-2/h2-3,8,14H,1,4-7,9,11-13,40H2;1-2H3. The van der Waals surface area contributed by atoms with E-state index in [2.05, 4.69) is 14.7 Å². The first kappa shape index (κ1) is 34.8. The molecule has 0 spiro atoms. The predicted molar refractivity (Wildman–Crippen MR) is 167 cm³/mol. The van der Waals surface area contributed by atoms with E-state index < -0.39 is 88.2 Å². The second kappa shape index (κ2) is 12.7. The molecular weight excluding hydrogens is 684 g/mol. The van der Waals surface area contributed by atoms with Gasteiger partial charge in [-0.25, -0.2) is 13.2 Å². The molecule has 3 fully saturated rings. The van der Waals surface area contributed by atoms with Crippen molar-refractivity contribution < 1.29 is 44.6 Å². The highest BCUT2D eigenvalue weighted by atomic mass is 32.1. The summed E-state index contributed by atoms with van der Waals surface area (Å²) < 4.78 is 129. The Kier molecular flexibility index (Phi) is 9.03. The first-order valence-corrected chi connectivity index (χ1v) is 16.3. The van der Waals surface area contributed by atoms with Crippen LogP contribution in [0, 0.1) is 23.0 Å². The molecule has 3 aliphatic heterocycles. The number of nitriles is 1.